The van der Waals surface area contributed by atoms with Crippen LogP contribution in [-0.2, 0) is 6.42 Å². The van der Waals surface area contributed by atoms with Crippen molar-refractivity contribution in [1.82, 2.24) is 9.88 Å². The zero-order valence-corrected chi connectivity index (χ0v) is 10.3. The molecule has 1 aromatic heterocycles. The van der Waals surface area contributed by atoms with Crippen LogP contribution in [0.15, 0.2) is 24.5 Å². The van der Waals surface area contributed by atoms with Crippen molar-refractivity contribution >= 4 is 0 Å². The average Bonchev–Trinajstić information content (AvgIpc) is 2.54. The van der Waals surface area contributed by atoms with Gasteiger partial charge in [-0.1, -0.05) is 6.07 Å². The Kier molecular flexibility index (Phi) is 2.68. The third-order valence-electron chi connectivity index (χ3n) is 4.47. The number of aliphatic hydroxyl groups is 1. The number of fused-ring (bicyclic) bond motifs is 2. The topological polar surface area (TPSA) is 36.4 Å². The maximum atomic E-state index is 10.8. The summed E-state index contributed by atoms with van der Waals surface area (Å²) in [7, 11) is 2.20. The Morgan fingerprint density at radius 2 is 2.12 bits per heavy atom. The largest absolute Gasteiger partial charge is 0.389 e. The van der Waals surface area contributed by atoms with Crippen LogP contribution < -0.4 is 0 Å². The summed E-state index contributed by atoms with van der Waals surface area (Å²) >= 11 is 0. The summed E-state index contributed by atoms with van der Waals surface area (Å²) in [6, 6.07) is 5.17. The quantitative estimate of drug-likeness (QED) is 0.841. The lowest BCUT2D eigenvalue weighted by molar-refractivity contribution is -0.0437. The number of pyridine rings is 1. The molecule has 2 aliphatic rings. The maximum Gasteiger partial charge on any atom is 0.0718 e. The minimum absolute atomic E-state index is 0.513. The molecule has 92 valence electrons. The van der Waals surface area contributed by atoms with Crippen LogP contribution in [0.2, 0.25) is 0 Å². The molecular weight excluding hydrogens is 212 g/mol. The Balaban J connectivity index is 1.75. The summed E-state index contributed by atoms with van der Waals surface area (Å²) in [5.74, 6) is 0. The van der Waals surface area contributed by atoms with Gasteiger partial charge in [-0.05, 0) is 44.4 Å². The molecule has 2 saturated heterocycles. The molecule has 2 fully saturated rings. The van der Waals surface area contributed by atoms with E-state index in [1.54, 1.807) is 6.20 Å². The van der Waals surface area contributed by atoms with Gasteiger partial charge < -0.3 is 10.0 Å². The predicted molar refractivity (Wildman–Crippen MR) is 66.7 cm³/mol. The van der Waals surface area contributed by atoms with Crippen molar-refractivity contribution in [1.29, 1.82) is 0 Å². The van der Waals surface area contributed by atoms with E-state index in [0.717, 1.165) is 24.8 Å². The molecule has 0 amide bonds. The van der Waals surface area contributed by atoms with Gasteiger partial charge in [-0.3, -0.25) is 4.98 Å². The van der Waals surface area contributed by atoms with Gasteiger partial charge in [-0.25, -0.2) is 0 Å². The van der Waals surface area contributed by atoms with E-state index < -0.39 is 5.60 Å². The Bertz CT molecular complexity index is 378. The second kappa shape index (κ2) is 4.07. The number of nitrogens with zero attached hydrogens (tertiary/aromatic N) is 2. The Morgan fingerprint density at radius 1 is 1.41 bits per heavy atom. The van der Waals surface area contributed by atoms with Crippen LogP contribution in [0.1, 0.15) is 31.2 Å². The van der Waals surface area contributed by atoms with Gasteiger partial charge in [0.05, 0.1) is 5.60 Å². The Morgan fingerprint density at radius 3 is 2.71 bits per heavy atom. The lowest BCUT2D eigenvalue weighted by atomic mass is 9.82. The van der Waals surface area contributed by atoms with Crippen LogP contribution >= 0.6 is 0 Å². The molecule has 0 saturated carbocycles. The summed E-state index contributed by atoms with van der Waals surface area (Å²) in [5.41, 5.74) is 0.639. The molecule has 0 radical (unpaired) electrons. The normalized spacial score (nSPS) is 37.3. The predicted octanol–water partition coefficient (Wildman–Crippen LogP) is 1.61. The van der Waals surface area contributed by atoms with Crippen LogP contribution in [0.3, 0.4) is 0 Å². The molecule has 3 heteroatoms. The van der Waals surface area contributed by atoms with E-state index >= 15 is 0 Å². The molecule has 1 N–H and O–H groups in total. The molecule has 2 unspecified atom stereocenters. The van der Waals surface area contributed by atoms with Crippen molar-refractivity contribution in [3.63, 3.8) is 0 Å². The first kappa shape index (κ1) is 11.2. The first-order valence-corrected chi connectivity index (χ1v) is 6.49. The number of rotatable bonds is 2. The van der Waals surface area contributed by atoms with E-state index in [9.17, 15) is 5.11 Å². The fourth-order valence-electron chi connectivity index (χ4n) is 3.57. The van der Waals surface area contributed by atoms with Crippen LogP contribution in [0.4, 0.5) is 0 Å². The second-order valence-corrected chi connectivity index (χ2v) is 5.72. The van der Waals surface area contributed by atoms with Crippen LogP contribution in [0.5, 0.6) is 0 Å². The molecule has 3 nitrogen and oxygen atoms in total. The van der Waals surface area contributed by atoms with Gasteiger partial charge >= 0.3 is 0 Å². The molecule has 0 aromatic carbocycles. The van der Waals surface area contributed by atoms with Gasteiger partial charge in [-0.2, -0.15) is 0 Å². The zero-order chi connectivity index (χ0) is 11.9. The smallest absolute Gasteiger partial charge is 0.0718 e. The molecule has 1 aromatic rings. The number of hydrogen-bond donors (Lipinski definition) is 1. The number of piperidine rings is 1. The summed E-state index contributed by atoms with van der Waals surface area (Å²) in [4.78, 5) is 6.58. The standard InChI is InChI=1S/C14H20N2O/c1-16-12-4-5-13(16)9-14(17,8-12)7-11-3-2-6-15-10-11/h2-3,6,10,12-13,17H,4-5,7-9H2,1H3. The zero-order valence-electron chi connectivity index (χ0n) is 10.3. The van der Waals surface area contributed by atoms with Crippen molar-refractivity contribution in [3.8, 4) is 0 Å². The van der Waals surface area contributed by atoms with E-state index in [2.05, 4.69) is 23.0 Å². The third kappa shape index (κ3) is 2.09. The molecule has 2 bridgehead atoms. The highest BCUT2D eigenvalue weighted by atomic mass is 16.3. The molecular formula is C14H20N2O. The lowest BCUT2D eigenvalue weighted by Crippen LogP contribution is -2.50. The Hall–Kier alpha value is -0.930. The fourth-order valence-corrected chi connectivity index (χ4v) is 3.57. The molecule has 0 aliphatic carbocycles. The fraction of sp³-hybridized carbons (Fsp3) is 0.643. The van der Waals surface area contributed by atoms with Crippen LogP contribution in [0, 0.1) is 0 Å². The SMILES string of the molecule is CN1C2CCC1CC(O)(Cc1cccnc1)C2. The van der Waals surface area contributed by atoms with Crippen molar-refractivity contribution in [3.05, 3.63) is 30.1 Å². The van der Waals surface area contributed by atoms with E-state index in [1.165, 1.54) is 12.8 Å². The van der Waals surface area contributed by atoms with E-state index in [1.807, 2.05) is 12.3 Å². The summed E-state index contributed by atoms with van der Waals surface area (Å²) in [6.07, 6.45) is 8.72. The van der Waals surface area contributed by atoms with Crippen molar-refractivity contribution in [2.45, 2.75) is 49.8 Å². The van der Waals surface area contributed by atoms with Crippen molar-refractivity contribution in [2.75, 3.05) is 7.05 Å². The summed E-state index contributed by atoms with van der Waals surface area (Å²) in [6.45, 7) is 0. The number of hydrogen-bond acceptors (Lipinski definition) is 3. The van der Waals surface area contributed by atoms with Gasteiger partial charge in [0, 0.05) is 30.9 Å². The third-order valence-corrected chi connectivity index (χ3v) is 4.47. The monoisotopic (exact) mass is 232 g/mol. The summed E-state index contributed by atoms with van der Waals surface area (Å²) in [5, 5.41) is 10.8. The lowest BCUT2D eigenvalue weighted by Gasteiger charge is -2.42. The van der Waals surface area contributed by atoms with Gasteiger partial charge in [0.15, 0.2) is 0 Å². The first-order valence-electron chi connectivity index (χ1n) is 6.49. The molecule has 2 atom stereocenters. The second-order valence-electron chi connectivity index (χ2n) is 5.72. The molecule has 2 aliphatic heterocycles. The highest BCUT2D eigenvalue weighted by molar-refractivity contribution is 5.14. The molecule has 3 rings (SSSR count). The molecule has 3 heterocycles. The maximum absolute atomic E-state index is 10.8. The molecule has 17 heavy (non-hydrogen) atoms. The molecule has 0 spiro atoms. The highest BCUT2D eigenvalue weighted by Crippen LogP contribution is 2.41. The Labute approximate surface area is 102 Å². The van der Waals surface area contributed by atoms with Gasteiger partial charge in [0.25, 0.3) is 0 Å². The van der Waals surface area contributed by atoms with Crippen LogP contribution in [-0.4, -0.2) is 39.7 Å². The van der Waals surface area contributed by atoms with Crippen LogP contribution in [0.25, 0.3) is 0 Å². The van der Waals surface area contributed by atoms with Crippen molar-refractivity contribution < 1.29 is 5.11 Å². The first-order chi connectivity index (χ1) is 8.16. The summed E-state index contributed by atoms with van der Waals surface area (Å²) < 4.78 is 0. The van der Waals surface area contributed by atoms with Gasteiger partial charge in [0.2, 0.25) is 0 Å². The van der Waals surface area contributed by atoms with Gasteiger partial charge in [0.1, 0.15) is 0 Å². The number of aromatic nitrogens is 1. The van der Waals surface area contributed by atoms with E-state index in [0.29, 0.717) is 12.1 Å². The van der Waals surface area contributed by atoms with Crippen molar-refractivity contribution in [2.24, 2.45) is 0 Å². The van der Waals surface area contributed by atoms with Gasteiger partial charge in [-0.15, -0.1) is 0 Å². The highest BCUT2D eigenvalue weighted by Gasteiger charge is 2.45. The average molecular weight is 232 g/mol. The van der Waals surface area contributed by atoms with E-state index in [-0.39, 0.29) is 0 Å². The minimum Gasteiger partial charge on any atom is -0.389 e. The minimum atomic E-state index is -0.513. The van der Waals surface area contributed by atoms with E-state index in [4.69, 9.17) is 0 Å².